The number of benzene rings is 1. The molecule has 2 aromatic rings. The average Bonchev–Trinajstić information content (AvgIpc) is 2.53. The lowest BCUT2D eigenvalue weighted by Gasteiger charge is -2.30. The van der Waals surface area contributed by atoms with E-state index in [1.54, 1.807) is 18.2 Å². The molecule has 1 aliphatic rings. The van der Waals surface area contributed by atoms with Crippen LogP contribution < -0.4 is 0 Å². The van der Waals surface area contributed by atoms with Crippen molar-refractivity contribution in [3.05, 3.63) is 71.2 Å². The Morgan fingerprint density at radius 1 is 1.17 bits per heavy atom. The average molecular weight is 320 g/mol. The SMILES string of the molecule is O=C(O)N1C=Cc2cccnc2C1c1ccc(C(F)(F)F)cc1. The van der Waals surface area contributed by atoms with Gasteiger partial charge in [0.15, 0.2) is 0 Å². The van der Waals surface area contributed by atoms with Gasteiger partial charge in [0.1, 0.15) is 6.04 Å². The molecule has 7 heteroatoms. The Hall–Kier alpha value is -2.83. The fraction of sp³-hybridized carbons (Fsp3) is 0.125. The van der Waals surface area contributed by atoms with Gasteiger partial charge in [0.2, 0.25) is 0 Å². The van der Waals surface area contributed by atoms with Crippen LogP contribution in [0.1, 0.15) is 28.4 Å². The Bertz CT molecular complexity index is 770. The minimum absolute atomic E-state index is 0.421. The first-order valence-electron chi connectivity index (χ1n) is 6.69. The second-order valence-corrected chi connectivity index (χ2v) is 5.01. The zero-order valence-corrected chi connectivity index (χ0v) is 11.7. The molecule has 1 aliphatic heterocycles. The van der Waals surface area contributed by atoms with Crippen LogP contribution in [0.2, 0.25) is 0 Å². The van der Waals surface area contributed by atoms with Crippen LogP contribution in [0.5, 0.6) is 0 Å². The summed E-state index contributed by atoms with van der Waals surface area (Å²) in [6, 6.07) is 7.14. The van der Waals surface area contributed by atoms with Gasteiger partial charge in [-0.1, -0.05) is 18.2 Å². The molecule has 1 unspecified atom stereocenters. The van der Waals surface area contributed by atoms with E-state index in [9.17, 15) is 23.1 Å². The van der Waals surface area contributed by atoms with E-state index in [1.807, 2.05) is 0 Å². The third-order valence-corrected chi connectivity index (χ3v) is 3.60. The predicted octanol–water partition coefficient (Wildman–Crippen LogP) is 4.15. The van der Waals surface area contributed by atoms with Crippen molar-refractivity contribution in [2.75, 3.05) is 0 Å². The van der Waals surface area contributed by atoms with Crippen LogP contribution in [-0.4, -0.2) is 21.1 Å². The van der Waals surface area contributed by atoms with Crippen LogP contribution in [0.3, 0.4) is 0 Å². The summed E-state index contributed by atoms with van der Waals surface area (Å²) in [7, 11) is 0. The van der Waals surface area contributed by atoms with Gasteiger partial charge in [-0.3, -0.25) is 9.88 Å². The number of hydrogen-bond donors (Lipinski definition) is 1. The maximum absolute atomic E-state index is 12.7. The summed E-state index contributed by atoms with van der Waals surface area (Å²) in [6.07, 6.45) is -1.13. The standard InChI is InChI=1S/C16H11F3N2O2/c17-16(18,19)12-5-3-11(4-6-12)14-13-10(2-1-8-20-13)7-9-21(14)15(22)23/h1-9,14H,(H,22,23). The molecule has 1 amide bonds. The molecule has 0 spiro atoms. The lowest BCUT2D eigenvalue weighted by molar-refractivity contribution is -0.137. The van der Waals surface area contributed by atoms with E-state index in [1.165, 1.54) is 24.5 Å². The molecule has 0 aliphatic carbocycles. The van der Waals surface area contributed by atoms with E-state index in [2.05, 4.69) is 4.98 Å². The summed E-state index contributed by atoms with van der Waals surface area (Å²) in [6.45, 7) is 0. The zero-order chi connectivity index (χ0) is 16.6. The highest BCUT2D eigenvalue weighted by molar-refractivity contribution is 5.72. The van der Waals surface area contributed by atoms with Gasteiger partial charge in [0, 0.05) is 12.4 Å². The Morgan fingerprint density at radius 2 is 1.87 bits per heavy atom. The lowest BCUT2D eigenvalue weighted by atomic mass is 9.95. The van der Waals surface area contributed by atoms with Gasteiger partial charge in [0.25, 0.3) is 0 Å². The molecule has 0 radical (unpaired) electrons. The number of aromatic nitrogens is 1. The summed E-state index contributed by atoms with van der Waals surface area (Å²) in [5.74, 6) is 0. The fourth-order valence-electron chi connectivity index (χ4n) is 2.52. The monoisotopic (exact) mass is 320 g/mol. The summed E-state index contributed by atoms with van der Waals surface area (Å²) < 4.78 is 38.0. The highest BCUT2D eigenvalue weighted by atomic mass is 19.4. The molecular formula is C16H11F3N2O2. The largest absolute Gasteiger partial charge is 0.465 e. The fourth-order valence-corrected chi connectivity index (χ4v) is 2.52. The molecule has 0 bridgehead atoms. The van der Waals surface area contributed by atoms with Gasteiger partial charge >= 0.3 is 12.3 Å². The molecule has 0 saturated carbocycles. The molecule has 0 saturated heterocycles. The van der Waals surface area contributed by atoms with Gasteiger partial charge in [-0.05, 0) is 35.4 Å². The van der Waals surface area contributed by atoms with Crippen molar-refractivity contribution >= 4 is 12.2 Å². The number of hydrogen-bond acceptors (Lipinski definition) is 2. The number of halogens is 3. The number of pyridine rings is 1. The van der Waals surface area contributed by atoms with Gasteiger partial charge in [0.05, 0.1) is 11.3 Å². The number of fused-ring (bicyclic) bond motifs is 1. The predicted molar refractivity (Wildman–Crippen MR) is 76.4 cm³/mol. The van der Waals surface area contributed by atoms with Gasteiger partial charge < -0.3 is 5.11 Å². The third kappa shape index (κ3) is 2.77. The summed E-state index contributed by atoms with van der Waals surface area (Å²) in [5, 5.41) is 9.35. The molecule has 0 fully saturated rings. The van der Waals surface area contributed by atoms with E-state index in [4.69, 9.17) is 0 Å². The number of nitrogens with zero attached hydrogens (tertiary/aromatic N) is 2. The normalized spacial score (nSPS) is 17.0. The van der Waals surface area contributed by atoms with Crippen LogP contribution in [-0.2, 0) is 6.18 Å². The van der Waals surface area contributed by atoms with E-state index < -0.39 is 23.9 Å². The van der Waals surface area contributed by atoms with Crippen molar-refractivity contribution in [2.24, 2.45) is 0 Å². The minimum Gasteiger partial charge on any atom is -0.465 e. The quantitative estimate of drug-likeness (QED) is 0.858. The summed E-state index contributed by atoms with van der Waals surface area (Å²) in [4.78, 5) is 16.7. The maximum atomic E-state index is 12.7. The first-order chi connectivity index (χ1) is 10.9. The first kappa shape index (κ1) is 15.1. The topological polar surface area (TPSA) is 53.4 Å². The summed E-state index contributed by atoms with van der Waals surface area (Å²) in [5.41, 5.74) is 0.854. The summed E-state index contributed by atoms with van der Waals surface area (Å²) >= 11 is 0. The van der Waals surface area contributed by atoms with E-state index in [-0.39, 0.29) is 0 Å². The molecule has 4 nitrogen and oxygen atoms in total. The number of amides is 1. The number of rotatable bonds is 1. The first-order valence-corrected chi connectivity index (χ1v) is 6.69. The number of alkyl halides is 3. The molecular weight excluding hydrogens is 309 g/mol. The second kappa shape index (κ2) is 5.42. The Balaban J connectivity index is 2.07. The van der Waals surface area contributed by atoms with E-state index >= 15 is 0 Å². The smallest absolute Gasteiger partial charge is 0.416 e. The molecule has 118 valence electrons. The maximum Gasteiger partial charge on any atom is 0.416 e. The highest BCUT2D eigenvalue weighted by Crippen LogP contribution is 2.36. The Morgan fingerprint density at radius 3 is 2.48 bits per heavy atom. The lowest BCUT2D eigenvalue weighted by Crippen LogP contribution is -2.32. The van der Waals surface area contributed by atoms with Crippen molar-refractivity contribution < 1.29 is 23.1 Å². The second-order valence-electron chi connectivity index (χ2n) is 5.01. The van der Waals surface area contributed by atoms with Gasteiger partial charge in [-0.2, -0.15) is 13.2 Å². The molecule has 2 heterocycles. The van der Waals surface area contributed by atoms with E-state index in [0.29, 0.717) is 11.3 Å². The molecule has 1 aromatic carbocycles. The number of carbonyl (C=O) groups is 1. The van der Waals surface area contributed by atoms with E-state index in [0.717, 1.165) is 22.6 Å². The molecule has 3 rings (SSSR count). The van der Waals surface area contributed by atoms with Crippen molar-refractivity contribution in [2.45, 2.75) is 12.2 Å². The van der Waals surface area contributed by atoms with Crippen LogP contribution in [0.15, 0.2) is 48.8 Å². The zero-order valence-electron chi connectivity index (χ0n) is 11.7. The van der Waals surface area contributed by atoms with Crippen molar-refractivity contribution in [3.63, 3.8) is 0 Å². The number of carboxylic acid groups (broad SMARTS) is 1. The Labute approximate surface area is 129 Å². The third-order valence-electron chi connectivity index (χ3n) is 3.60. The van der Waals surface area contributed by atoms with Crippen LogP contribution >= 0.6 is 0 Å². The molecule has 1 atom stereocenters. The van der Waals surface area contributed by atoms with Crippen molar-refractivity contribution in [1.29, 1.82) is 0 Å². The molecule has 23 heavy (non-hydrogen) atoms. The van der Waals surface area contributed by atoms with Crippen LogP contribution in [0.25, 0.3) is 6.08 Å². The van der Waals surface area contributed by atoms with Crippen molar-refractivity contribution in [1.82, 2.24) is 9.88 Å². The minimum atomic E-state index is -4.44. The van der Waals surface area contributed by atoms with Gasteiger partial charge in [-0.25, -0.2) is 4.79 Å². The van der Waals surface area contributed by atoms with Crippen LogP contribution in [0.4, 0.5) is 18.0 Å². The van der Waals surface area contributed by atoms with Crippen molar-refractivity contribution in [3.8, 4) is 0 Å². The Kier molecular flexibility index (Phi) is 3.55. The van der Waals surface area contributed by atoms with Crippen LogP contribution in [0, 0.1) is 0 Å². The van der Waals surface area contributed by atoms with Gasteiger partial charge in [-0.15, -0.1) is 0 Å². The highest BCUT2D eigenvalue weighted by Gasteiger charge is 2.33. The molecule has 1 N–H and O–H groups in total. The molecule has 1 aromatic heterocycles.